The highest BCUT2D eigenvalue weighted by molar-refractivity contribution is 5.15. The molecular weight excluding hydrogens is 212 g/mol. The molecule has 0 aromatic carbocycles. The fraction of sp³-hybridized carbons (Fsp3) is 0.643. The second-order valence-electron chi connectivity index (χ2n) is 5.19. The van der Waals surface area contributed by atoms with Crippen LogP contribution in [0.2, 0.25) is 0 Å². The normalized spacial score (nSPS) is 19.6. The lowest BCUT2D eigenvalue weighted by atomic mass is 10.1. The number of hydrogen-bond donors (Lipinski definition) is 1. The fourth-order valence-corrected chi connectivity index (χ4v) is 2.46. The third kappa shape index (κ3) is 3.19. The zero-order valence-corrected chi connectivity index (χ0v) is 10.1. The molecule has 0 saturated heterocycles. The molecule has 0 spiro atoms. The van der Waals surface area contributed by atoms with Crippen LogP contribution in [0.15, 0.2) is 24.5 Å². The summed E-state index contributed by atoms with van der Waals surface area (Å²) in [5.74, 6) is 2.78. The predicted molar refractivity (Wildman–Crippen MR) is 67.0 cm³/mol. The Balaban J connectivity index is 1.37. The Labute approximate surface area is 103 Å². The maximum Gasteiger partial charge on any atom is 0.137 e. The Morgan fingerprint density at radius 1 is 1.29 bits per heavy atom. The van der Waals surface area contributed by atoms with Crippen LogP contribution < -0.4 is 10.1 Å². The van der Waals surface area contributed by atoms with Crippen LogP contribution in [0.25, 0.3) is 0 Å². The summed E-state index contributed by atoms with van der Waals surface area (Å²) < 4.78 is 5.63. The van der Waals surface area contributed by atoms with Gasteiger partial charge in [0.2, 0.25) is 0 Å². The zero-order valence-electron chi connectivity index (χ0n) is 10.1. The smallest absolute Gasteiger partial charge is 0.137 e. The Kier molecular flexibility index (Phi) is 3.27. The van der Waals surface area contributed by atoms with Crippen molar-refractivity contribution in [2.24, 2.45) is 11.8 Å². The Bertz CT molecular complexity index is 334. The Morgan fingerprint density at radius 2 is 2.06 bits per heavy atom. The number of nitrogens with one attached hydrogen (secondary N) is 1. The minimum Gasteiger partial charge on any atom is -0.491 e. The van der Waals surface area contributed by atoms with E-state index in [0.29, 0.717) is 0 Å². The van der Waals surface area contributed by atoms with E-state index < -0.39 is 0 Å². The van der Waals surface area contributed by atoms with Gasteiger partial charge in [-0.15, -0.1) is 0 Å². The van der Waals surface area contributed by atoms with E-state index in [0.717, 1.165) is 36.8 Å². The molecule has 0 unspecified atom stereocenters. The molecule has 0 radical (unpaired) electrons. The standard InChI is InChI=1S/C14H20N2O/c1-2-13(10-15-7-1)17-9-8-16-14(11-3-4-11)12-5-6-12/h1-2,7,10-12,14,16H,3-6,8-9H2. The lowest BCUT2D eigenvalue weighted by molar-refractivity contribution is 0.293. The SMILES string of the molecule is c1cncc(OCCNC(C2CC2)C2CC2)c1. The van der Waals surface area contributed by atoms with Crippen LogP contribution in [-0.2, 0) is 0 Å². The van der Waals surface area contributed by atoms with Gasteiger partial charge in [-0.1, -0.05) is 0 Å². The number of nitrogens with zero attached hydrogens (tertiary/aromatic N) is 1. The predicted octanol–water partition coefficient (Wildman–Crippen LogP) is 2.24. The first kappa shape index (κ1) is 11.0. The Hall–Kier alpha value is -1.09. The van der Waals surface area contributed by atoms with Gasteiger partial charge < -0.3 is 10.1 Å². The fourth-order valence-electron chi connectivity index (χ4n) is 2.46. The Morgan fingerprint density at radius 3 is 2.65 bits per heavy atom. The molecule has 0 atom stereocenters. The molecule has 0 bridgehead atoms. The van der Waals surface area contributed by atoms with Crippen molar-refractivity contribution in [2.75, 3.05) is 13.2 Å². The molecule has 1 N–H and O–H groups in total. The summed E-state index contributed by atoms with van der Waals surface area (Å²) in [6, 6.07) is 4.62. The number of ether oxygens (including phenoxy) is 1. The first-order valence-corrected chi connectivity index (χ1v) is 6.70. The molecule has 2 fully saturated rings. The number of aromatic nitrogens is 1. The molecule has 1 aromatic heterocycles. The van der Waals surface area contributed by atoms with E-state index in [1.54, 1.807) is 12.4 Å². The van der Waals surface area contributed by atoms with Crippen LogP contribution in [0.3, 0.4) is 0 Å². The monoisotopic (exact) mass is 232 g/mol. The highest BCUT2D eigenvalue weighted by atomic mass is 16.5. The number of hydrogen-bond acceptors (Lipinski definition) is 3. The minimum atomic E-state index is 0.738. The average Bonchev–Trinajstić information content (AvgIpc) is 3.24. The lowest BCUT2D eigenvalue weighted by Crippen LogP contribution is -2.36. The summed E-state index contributed by atoms with van der Waals surface area (Å²) in [6.45, 7) is 1.69. The van der Waals surface area contributed by atoms with E-state index in [1.165, 1.54) is 25.7 Å². The topological polar surface area (TPSA) is 34.1 Å². The van der Waals surface area contributed by atoms with Gasteiger partial charge in [-0.3, -0.25) is 4.98 Å². The first-order valence-electron chi connectivity index (χ1n) is 6.70. The van der Waals surface area contributed by atoms with Crippen molar-refractivity contribution in [1.82, 2.24) is 10.3 Å². The van der Waals surface area contributed by atoms with Gasteiger partial charge in [0, 0.05) is 18.8 Å². The average molecular weight is 232 g/mol. The van der Waals surface area contributed by atoms with Gasteiger partial charge >= 0.3 is 0 Å². The molecular formula is C14H20N2O. The minimum absolute atomic E-state index is 0.738. The summed E-state index contributed by atoms with van der Waals surface area (Å²) in [5, 5.41) is 3.67. The summed E-state index contributed by atoms with van der Waals surface area (Å²) in [5.41, 5.74) is 0. The van der Waals surface area contributed by atoms with Crippen molar-refractivity contribution in [3.05, 3.63) is 24.5 Å². The molecule has 1 heterocycles. The molecule has 92 valence electrons. The van der Waals surface area contributed by atoms with Crippen LogP contribution in [0.1, 0.15) is 25.7 Å². The molecule has 17 heavy (non-hydrogen) atoms. The third-order valence-corrected chi connectivity index (χ3v) is 3.64. The number of pyridine rings is 1. The molecule has 3 nitrogen and oxygen atoms in total. The zero-order chi connectivity index (χ0) is 11.5. The first-order chi connectivity index (χ1) is 8.43. The van der Waals surface area contributed by atoms with Gasteiger partial charge in [0.25, 0.3) is 0 Å². The van der Waals surface area contributed by atoms with Gasteiger partial charge in [0.05, 0.1) is 6.20 Å². The van der Waals surface area contributed by atoms with Crippen molar-refractivity contribution in [3.63, 3.8) is 0 Å². The molecule has 2 aliphatic rings. The van der Waals surface area contributed by atoms with Crippen LogP contribution in [0, 0.1) is 11.8 Å². The second-order valence-corrected chi connectivity index (χ2v) is 5.19. The summed E-state index contributed by atoms with van der Waals surface area (Å²) in [4.78, 5) is 4.03. The lowest BCUT2D eigenvalue weighted by Gasteiger charge is -2.17. The highest BCUT2D eigenvalue weighted by Crippen LogP contribution is 2.44. The summed E-state index contributed by atoms with van der Waals surface area (Å²) in [6.07, 6.45) is 9.24. The number of rotatable bonds is 7. The maximum absolute atomic E-state index is 5.63. The second kappa shape index (κ2) is 5.05. The van der Waals surface area contributed by atoms with Gasteiger partial charge in [-0.05, 0) is 49.7 Å². The quantitative estimate of drug-likeness (QED) is 0.732. The van der Waals surface area contributed by atoms with E-state index in [-0.39, 0.29) is 0 Å². The van der Waals surface area contributed by atoms with E-state index >= 15 is 0 Å². The van der Waals surface area contributed by atoms with E-state index in [9.17, 15) is 0 Å². The van der Waals surface area contributed by atoms with Crippen molar-refractivity contribution in [3.8, 4) is 5.75 Å². The van der Waals surface area contributed by atoms with Gasteiger partial charge in [-0.2, -0.15) is 0 Å². The molecule has 2 aliphatic carbocycles. The van der Waals surface area contributed by atoms with Gasteiger partial charge in [-0.25, -0.2) is 0 Å². The van der Waals surface area contributed by atoms with Crippen molar-refractivity contribution >= 4 is 0 Å². The van der Waals surface area contributed by atoms with E-state index in [1.807, 2.05) is 12.1 Å². The molecule has 2 saturated carbocycles. The maximum atomic E-state index is 5.63. The van der Waals surface area contributed by atoms with Gasteiger partial charge in [0.15, 0.2) is 0 Å². The highest BCUT2D eigenvalue weighted by Gasteiger charge is 2.40. The van der Waals surface area contributed by atoms with Crippen molar-refractivity contribution in [1.29, 1.82) is 0 Å². The molecule has 1 aromatic rings. The van der Waals surface area contributed by atoms with Crippen LogP contribution in [-0.4, -0.2) is 24.2 Å². The largest absolute Gasteiger partial charge is 0.491 e. The van der Waals surface area contributed by atoms with Crippen LogP contribution in [0.5, 0.6) is 5.75 Å². The molecule has 3 rings (SSSR count). The van der Waals surface area contributed by atoms with E-state index in [2.05, 4.69) is 10.3 Å². The molecule has 3 heteroatoms. The summed E-state index contributed by atoms with van der Waals surface area (Å²) >= 11 is 0. The third-order valence-electron chi connectivity index (χ3n) is 3.64. The van der Waals surface area contributed by atoms with Crippen molar-refractivity contribution < 1.29 is 4.74 Å². The van der Waals surface area contributed by atoms with E-state index in [4.69, 9.17) is 4.74 Å². The van der Waals surface area contributed by atoms with Crippen LogP contribution >= 0.6 is 0 Å². The summed E-state index contributed by atoms with van der Waals surface area (Å²) in [7, 11) is 0. The van der Waals surface area contributed by atoms with Crippen LogP contribution in [0.4, 0.5) is 0 Å². The molecule has 0 amide bonds. The molecule has 0 aliphatic heterocycles. The van der Waals surface area contributed by atoms with Crippen molar-refractivity contribution in [2.45, 2.75) is 31.7 Å². The van der Waals surface area contributed by atoms with Gasteiger partial charge in [0.1, 0.15) is 12.4 Å².